The van der Waals surface area contributed by atoms with Gasteiger partial charge in [0.2, 0.25) is 0 Å². The first-order chi connectivity index (χ1) is 7.29. The van der Waals surface area contributed by atoms with Crippen LogP contribution in [-0.4, -0.2) is 24.1 Å². The van der Waals surface area contributed by atoms with Crippen molar-refractivity contribution in [3.05, 3.63) is 24.0 Å². The zero-order chi connectivity index (χ0) is 10.7. The normalized spacial score (nSPS) is 21.1. The highest BCUT2D eigenvalue weighted by Crippen LogP contribution is 2.18. The lowest BCUT2D eigenvalue weighted by Crippen LogP contribution is -2.42. The van der Waals surface area contributed by atoms with E-state index in [1.165, 1.54) is 0 Å². The van der Waals surface area contributed by atoms with Crippen LogP contribution in [0, 0.1) is 11.3 Å². The van der Waals surface area contributed by atoms with Gasteiger partial charge in [-0.3, -0.25) is 0 Å². The summed E-state index contributed by atoms with van der Waals surface area (Å²) in [5.41, 5.74) is 7.42. The summed E-state index contributed by atoms with van der Waals surface area (Å²) in [4.78, 5) is 6.28. The van der Waals surface area contributed by atoms with Crippen LogP contribution >= 0.6 is 0 Å². The average molecular weight is 202 g/mol. The summed E-state index contributed by atoms with van der Waals surface area (Å²) in [5.74, 6) is 0. The average Bonchev–Trinajstić information content (AvgIpc) is 2.29. The molecule has 1 aliphatic heterocycles. The van der Waals surface area contributed by atoms with Gasteiger partial charge in [-0.25, -0.2) is 4.98 Å². The summed E-state index contributed by atoms with van der Waals surface area (Å²) < 4.78 is 0. The zero-order valence-electron chi connectivity index (χ0n) is 8.56. The molecule has 2 heterocycles. The first kappa shape index (κ1) is 9.94. The molecule has 1 atom stereocenters. The van der Waals surface area contributed by atoms with Crippen LogP contribution in [0.3, 0.4) is 0 Å². The number of nitrogens with two attached hydrogens (primary N) is 1. The van der Waals surface area contributed by atoms with E-state index in [9.17, 15) is 0 Å². The van der Waals surface area contributed by atoms with Gasteiger partial charge in [-0.1, -0.05) is 0 Å². The van der Waals surface area contributed by atoms with E-state index in [-0.39, 0.29) is 6.04 Å². The van der Waals surface area contributed by atoms with Crippen LogP contribution in [0.15, 0.2) is 18.3 Å². The molecule has 0 bridgehead atoms. The minimum atomic E-state index is 0.259. The molecule has 2 N–H and O–H groups in total. The molecule has 1 aromatic rings. The van der Waals surface area contributed by atoms with E-state index in [1.54, 1.807) is 12.3 Å². The van der Waals surface area contributed by atoms with Gasteiger partial charge < -0.3 is 10.6 Å². The van der Waals surface area contributed by atoms with E-state index in [0.717, 1.165) is 31.6 Å². The molecule has 0 unspecified atom stereocenters. The largest absolute Gasteiger partial charge is 0.369 e. The molecule has 15 heavy (non-hydrogen) atoms. The molecule has 0 spiro atoms. The summed E-state index contributed by atoms with van der Waals surface area (Å²) in [6.07, 6.45) is 3.97. The Morgan fingerprint density at radius 1 is 1.53 bits per heavy atom. The summed E-state index contributed by atoms with van der Waals surface area (Å²) in [6, 6.07) is 5.95. The van der Waals surface area contributed by atoms with Gasteiger partial charge in [-0.2, -0.15) is 5.26 Å². The number of aromatic nitrogens is 1. The lowest BCUT2D eigenvalue weighted by molar-refractivity contribution is 0.506. The molecule has 2 rings (SSSR count). The molecule has 4 heteroatoms. The van der Waals surface area contributed by atoms with Gasteiger partial charge in [-0.05, 0) is 25.0 Å². The maximum atomic E-state index is 8.63. The number of nitrogens with zero attached hydrogens (tertiary/aromatic N) is 3. The lowest BCUT2D eigenvalue weighted by Gasteiger charge is -2.32. The highest BCUT2D eigenvalue weighted by atomic mass is 15.2. The van der Waals surface area contributed by atoms with Crippen LogP contribution < -0.4 is 10.6 Å². The molecular weight excluding hydrogens is 188 g/mol. The SMILES string of the molecule is N#Cc1ccc(N2CCC[C@@H](N)C2)cn1. The standard InChI is InChI=1S/C11H14N4/c12-6-10-3-4-11(7-14-10)15-5-1-2-9(13)8-15/h3-4,7,9H,1-2,5,8,13H2/t9-/m1/s1. The number of piperidine rings is 1. The molecule has 1 aromatic heterocycles. The summed E-state index contributed by atoms with van der Waals surface area (Å²) in [5, 5.41) is 8.63. The Labute approximate surface area is 89.3 Å². The van der Waals surface area contributed by atoms with Crippen molar-refractivity contribution >= 4 is 5.69 Å². The number of hydrogen-bond donors (Lipinski definition) is 1. The Morgan fingerprint density at radius 2 is 2.40 bits per heavy atom. The molecule has 0 saturated carbocycles. The van der Waals surface area contributed by atoms with Gasteiger partial charge in [0.15, 0.2) is 0 Å². The van der Waals surface area contributed by atoms with Crippen LogP contribution in [0.2, 0.25) is 0 Å². The molecule has 4 nitrogen and oxygen atoms in total. The Hall–Kier alpha value is -1.60. The Kier molecular flexibility index (Phi) is 2.84. The molecular formula is C11H14N4. The van der Waals surface area contributed by atoms with Crippen LogP contribution in [0.25, 0.3) is 0 Å². The van der Waals surface area contributed by atoms with Crippen molar-refractivity contribution in [3.8, 4) is 6.07 Å². The molecule has 0 aliphatic carbocycles. The molecule has 1 saturated heterocycles. The minimum absolute atomic E-state index is 0.259. The van der Waals surface area contributed by atoms with E-state index in [4.69, 9.17) is 11.0 Å². The fourth-order valence-electron chi connectivity index (χ4n) is 1.88. The van der Waals surface area contributed by atoms with Crippen molar-refractivity contribution in [2.45, 2.75) is 18.9 Å². The number of hydrogen-bond acceptors (Lipinski definition) is 4. The van der Waals surface area contributed by atoms with E-state index >= 15 is 0 Å². The quantitative estimate of drug-likeness (QED) is 0.734. The molecule has 0 amide bonds. The summed E-state index contributed by atoms with van der Waals surface area (Å²) in [6.45, 7) is 1.91. The van der Waals surface area contributed by atoms with Crippen molar-refractivity contribution in [3.63, 3.8) is 0 Å². The first-order valence-corrected chi connectivity index (χ1v) is 5.16. The Morgan fingerprint density at radius 3 is 3.00 bits per heavy atom. The van der Waals surface area contributed by atoms with Crippen LogP contribution in [-0.2, 0) is 0 Å². The highest BCUT2D eigenvalue weighted by Gasteiger charge is 2.16. The molecule has 78 valence electrons. The van der Waals surface area contributed by atoms with Crippen molar-refractivity contribution in [1.82, 2.24) is 4.98 Å². The number of anilines is 1. The van der Waals surface area contributed by atoms with Gasteiger partial charge in [-0.15, -0.1) is 0 Å². The predicted molar refractivity (Wildman–Crippen MR) is 58.4 cm³/mol. The number of rotatable bonds is 1. The van der Waals surface area contributed by atoms with Crippen LogP contribution in [0.1, 0.15) is 18.5 Å². The predicted octanol–water partition coefficient (Wildman–Crippen LogP) is 0.881. The third-order valence-corrected chi connectivity index (χ3v) is 2.69. The smallest absolute Gasteiger partial charge is 0.140 e. The van der Waals surface area contributed by atoms with Gasteiger partial charge >= 0.3 is 0 Å². The monoisotopic (exact) mass is 202 g/mol. The maximum Gasteiger partial charge on any atom is 0.140 e. The van der Waals surface area contributed by atoms with Crippen molar-refractivity contribution < 1.29 is 0 Å². The second-order valence-corrected chi connectivity index (χ2v) is 3.86. The number of pyridine rings is 1. The van der Waals surface area contributed by atoms with Gasteiger partial charge in [0, 0.05) is 19.1 Å². The summed E-state index contributed by atoms with van der Waals surface area (Å²) >= 11 is 0. The van der Waals surface area contributed by atoms with E-state index in [0.29, 0.717) is 5.69 Å². The minimum Gasteiger partial charge on any atom is -0.369 e. The Balaban J connectivity index is 2.12. The second-order valence-electron chi connectivity index (χ2n) is 3.86. The third-order valence-electron chi connectivity index (χ3n) is 2.69. The molecule has 1 fully saturated rings. The van der Waals surface area contributed by atoms with E-state index in [2.05, 4.69) is 9.88 Å². The topological polar surface area (TPSA) is 65.9 Å². The third kappa shape index (κ3) is 2.25. The van der Waals surface area contributed by atoms with E-state index < -0.39 is 0 Å². The van der Waals surface area contributed by atoms with Gasteiger partial charge in [0.1, 0.15) is 11.8 Å². The Bertz CT molecular complexity index is 365. The highest BCUT2D eigenvalue weighted by molar-refractivity contribution is 5.46. The molecule has 0 radical (unpaired) electrons. The molecule has 1 aliphatic rings. The van der Waals surface area contributed by atoms with Gasteiger partial charge in [0.05, 0.1) is 11.9 Å². The number of nitriles is 1. The van der Waals surface area contributed by atoms with Gasteiger partial charge in [0.25, 0.3) is 0 Å². The fourth-order valence-corrected chi connectivity index (χ4v) is 1.88. The van der Waals surface area contributed by atoms with E-state index in [1.807, 2.05) is 12.1 Å². The zero-order valence-corrected chi connectivity index (χ0v) is 8.56. The summed E-state index contributed by atoms with van der Waals surface area (Å²) in [7, 11) is 0. The maximum absolute atomic E-state index is 8.63. The molecule has 0 aromatic carbocycles. The fraction of sp³-hybridized carbons (Fsp3) is 0.455. The van der Waals surface area contributed by atoms with Crippen LogP contribution in [0.4, 0.5) is 5.69 Å². The second kappa shape index (κ2) is 4.28. The lowest BCUT2D eigenvalue weighted by atomic mass is 10.1. The first-order valence-electron chi connectivity index (χ1n) is 5.16. The van der Waals surface area contributed by atoms with Crippen molar-refractivity contribution in [2.75, 3.05) is 18.0 Å². The van der Waals surface area contributed by atoms with Crippen molar-refractivity contribution in [2.24, 2.45) is 5.73 Å². The van der Waals surface area contributed by atoms with Crippen molar-refractivity contribution in [1.29, 1.82) is 5.26 Å². The van der Waals surface area contributed by atoms with Crippen LogP contribution in [0.5, 0.6) is 0 Å².